The van der Waals surface area contributed by atoms with Gasteiger partial charge in [-0.3, -0.25) is 9.59 Å². The molecule has 0 aliphatic carbocycles. The number of aromatic nitrogens is 2. The van der Waals surface area contributed by atoms with Gasteiger partial charge in [-0.1, -0.05) is 0 Å². The van der Waals surface area contributed by atoms with Gasteiger partial charge < -0.3 is 44.7 Å². The number of allylic oxidation sites excluding steroid dienone is 4. The molecule has 6 aromatic heterocycles. The van der Waals surface area contributed by atoms with Crippen molar-refractivity contribution >= 4 is 94.8 Å². The molecule has 10 heterocycles. The van der Waals surface area contributed by atoms with Crippen molar-refractivity contribution in [2.75, 3.05) is 13.2 Å². The molecule has 0 aromatic carbocycles. The molecule has 302 valence electrons. The number of rotatable bonds is 11. The van der Waals surface area contributed by atoms with E-state index in [-0.39, 0.29) is 25.2 Å². The minimum atomic E-state index is -4.04. The first-order valence-electron chi connectivity index (χ1n) is 19.1. The molecule has 4 aliphatic heterocycles. The number of fused-ring (bicyclic) bond motifs is 4. The van der Waals surface area contributed by atoms with Gasteiger partial charge >= 0.3 is 25.9 Å². The third kappa shape index (κ3) is 6.30. The third-order valence-corrected chi connectivity index (χ3v) is 16.0. The van der Waals surface area contributed by atoms with E-state index in [0.717, 1.165) is 68.1 Å². The summed E-state index contributed by atoms with van der Waals surface area (Å²) in [7, 11) is 0. The molecule has 0 saturated carbocycles. The zero-order chi connectivity index (χ0) is 41.5. The second-order valence-electron chi connectivity index (χ2n) is 14.6. The van der Waals surface area contributed by atoms with Gasteiger partial charge in [-0.2, -0.15) is 0 Å². The standard InChI is InChI=1S/C42H32B2F4N4O4S4/c1-25(53)55-21-15-27-23-37(39-29-7-3-17-49(29)43(45,46)50-18-4-8-30(39)50)59-41(27)35-13-11-33(57-35)34-12-14-36(58-34)42-28(16-22-56-26(2)54)24-38(60-42)40-31-9-5-19-51(31)44(47,48)52-20-6-10-32(40)52/h3-14,17-20,23-24H,15-16,21-22H2,1-2H3. The molecule has 0 fully saturated rings. The van der Waals surface area contributed by atoms with Crippen LogP contribution in [0.25, 0.3) is 40.4 Å². The number of carbonyl (C=O) groups excluding carboxylic acids is 2. The van der Waals surface area contributed by atoms with Crippen LogP contribution < -0.4 is 0 Å². The summed E-state index contributed by atoms with van der Waals surface area (Å²) in [5.41, 5.74) is 5.08. The van der Waals surface area contributed by atoms with Crippen molar-refractivity contribution in [1.29, 1.82) is 0 Å². The number of thiophene rings is 4. The maximum absolute atomic E-state index is 15.6. The van der Waals surface area contributed by atoms with Crippen LogP contribution in [-0.4, -0.2) is 69.5 Å². The lowest BCUT2D eigenvalue weighted by Gasteiger charge is -2.30. The highest BCUT2D eigenvalue weighted by Gasteiger charge is 2.53. The molecular weight excluding hydrogens is 850 g/mol. The number of hydrogen-bond acceptors (Lipinski definition) is 8. The number of ether oxygens (including phenoxy) is 2. The Morgan fingerprint density at radius 3 is 1.43 bits per heavy atom. The van der Waals surface area contributed by atoms with Crippen molar-refractivity contribution < 1.29 is 45.3 Å². The average Bonchev–Trinajstić information content (AvgIpc) is 4.03. The fourth-order valence-corrected chi connectivity index (χ4v) is 13.2. The highest BCUT2D eigenvalue weighted by atomic mass is 32.1. The van der Waals surface area contributed by atoms with Gasteiger partial charge in [-0.05, 0) is 84.2 Å². The maximum atomic E-state index is 15.6. The van der Waals surface area contributed by atoms with Gasteiger partial charge in [-0.25, -0.2) is 0 Å². The van der Waals surface area contributed by atoms with Crippen LogP contribution in [0.1, 0.15) is 46.1 Å². The monoisotopic (exact) mass is 882 g/mol. The number of nitrogens with zero attached hydrogens (tertiary/aromatic N) is 4. The predicted octanol–water partition coefficient (Wildman–Crippen LogP) is 10.0. The van der Waals surface area contributed by atoms with E-state index in [1.165, 1.54) is 61.3 Å². The quantitative estimate of drug-likeness (QED) is 0.0739. The summed E-state index contributed by atoms with van der Waals surface area (Å²) in [6.07, 6.45) is 13.3. The van der Waals surface area contributed by atoms with Crippen LogP contribution in [0.3, 0.4) is 0 Å². The molecule has 60 heavy (non-hydrogen) atoms. The first-order valence-corrected chi connectivity index (χ1v) is 22.4. The van der Waals surface area contributed by atoms with Gasteiger partial charge in [0.1, 0.15) is 12.4 Å². The Hall–Kier alpha value is -5.55. The van der Waals surface area contributed by atoms with Crippen LogP contribution >= 0.6 is 45.3 Å². The van der Waals surface area contributed by atoms with Gasteiger partial charge in [0.25, 0.3) is 0 Å². The fourth-order valence-electron chi connectivity index (χ4n) is 8.23. The number of esters is 2. The van der Waals surface area contributed by atoms with E-state index < -0.39 is 13.9 Å². The number of carbonyl (C=O) groups is 2. The fraction of sp³-hybridized carbons (Fsp3) is 0.143. The summed E-state index contributed by atoms with van der Waals surface area (Å²) in [6.45, 7) is -4.99. The highest BCUT2D eigenvalue weighted by Crippen LogP contribution is 2.50. The third-order valence-electron chi connectivity index (χ3n) is 10.8. The molecule has 0 N–H and O–H groups in total. The van der Waals surface area contributed by atoms with Crippen LogP contribution in [-0.2, 0) is 31.9 Å². The van der Waals surface area contributed by atoms with Crippen molar-refractivity contribution in [3.05, 3.63) is 141 Å². The molecule has 18 heteroatoms. The molecule has 0 amide bonds. The Labute approximate surface area is 357 Å². The second kappa shape index (κ2) is 14.6. The number of hydrogen-bond donors (Lipinski definition) is 0. The highest BCUT2D eigenvalue weighted by molar-refractivity contribution is 7.29. The molecular formula is C42H32B2F4N4O4S4. The first-order chi connectivity index (χ1) is 28.9. The van der Waals surface area contributed by atoms with Crippen LogP contribution in [0.2, 0.25) is 0 Å². The van der Waals surface area contributed by atoms with Crippen LogP contribution in [0.4, 0.5) is 17.3 Å². The second-order valence-corrected chi connectivity index (χ2v) is 18.8. The molecule has 0 saturated heterocycles. The minimum Gasteiger partial charge on any atom is -0.466 e. The lowest BCUT2D eigenvalue weighted by molar-refractivity contribution is -0.356. The van der Waals surface area contributed by atoms with Crippen LogP contribution in [0.15, 0.2) is 109 Å². The average molecular weight is 883 g/mol. The SMILES string of the molecule is CC(=O)OCCc1cc(C2=C3C=CC=[N+]3[B-](F)(F)n3cccc32)sc1-c1ccc(-c2ccc(-c3sc(C4=C5C=CC=[N+]5[B-](F)(F)n5cccc54)cc3CCOC(C)=O)s2)s1. The smallest absolute Gasteiger partial charge is 0.466 e. The molecule has 0 radical (unpaired) electrons. The largest absolute Gasteiger partial charge is 0.737 e. The van der Waals surface area contributed by atoms with Crippen molar-refractivity contribution in [1.82, 2.24) is 8.96 Å². The number of halogens is 4. The van der Waals surface area contributed by atoms with Crippen molar-refractivity contribution in [2.24, 2.45) is 0 Å². The molecule has 10 rings (SSSR count). The summed E-state index contributed by atoms with van der Waals surface area (Å²) >= 11 is 6.29. The minimum absolute atomic E-state index is 0.178. The predicted molar refractivity (Wildman–Crippen MR) is 234 cm³/mol. The first kappa shape index (κ1) is 38.6. The molecule has 0 spiro atoms. The zero-order valence-electron chi connectivity index (χ0n) is 31.9. The maximum Gasteiger partial charge on any atom is 0.737 e. The zero-order valence-corrected chi connectivity index (χ0v) is 35.2. The van der Waals surface area contributed by atoms with Gasteiger partial charge in [0.05, 0.1) is 24.4 Å². The lowest BCUT2D eigenvalue weighted by atomic mass is 9.88. The van der Waals surface area contributed by atoms with Gasteiger partial charge in [0.2, 0.25) is 0 Å². The van der Waals surface area contributed by atoms with E-state index in [4.69, 9.17) is 9.47 Å². The Morgan fingerprint density at radius 2 is 1.02 bits per heavy atom. The summed E-state index contributed by atoms with van der Waals surface area (Å²) in [6, 6.07) is 19.0. The van der Waals surface area contributed by atoms with E-state index in [2.05, 4.69) is 24.3 Å². The van der Waals surface area contributed by atoms with Crippen molar-refractivity contribution in [3.8, 4) is 29.3 Å². The van der Waals surface area contributed by atoms with E-state index in [9.17, 15) is 9.59 Å². The summed E-state index contributed by atoms with van der Waals surface area (Å²) in [5.74, 6) is -0.756. The van der Waals surface area contributed by atoms with Crippen LogP contribution in [0, 0.1) is 0 Å². The Kier molecular flexibility index (Phi) is 9.38. The van der Waals surface area contributed by atoms with Crippen molar-refractivity contribution in [3.63, 3.8) is 0 Å². The summed E-state index contributed by atoms with van der Waals surface area (Å²) in [5, 5.41) is 0. The summed E-state index contributed by atoms with van der Waals surface area (Å²) < 4.78 is 77.3. The van der Waals surface area contributed by atoms with E-state index in [1.807, 2.05) is 12.1 Å². The van der Waals surface area contributed by atoms with Crippen LogP contribution in [0.5, 0.6) is 0 Å². The molecule has 4 aliphatic rings. The van der Waals surface area contributed by atoms with E-state index >= 15 is 17.3 Å². The Morgan fingerprint density at radius 1 is 0.600 bits per heavy atom. The molecule has 6 aromatic rings. The van der Waals surface area contributed by atoms with Gasteiger partial charge in [-0.15, -0.1) is 45.3 Å². The van der Waals surface area contributed by atoms with E-state index in [0.29, 0.717) is 46.8 Å². The molecule has 0 atom stereocenters. The molecule has 8 nitrogen and oxygen atoms in total. The van der Waals surface area contributed by atoms with Gasteiger partial charge in [0, 0.05) is 101 Å². The van der Waals surface area contributed by atoms with Gasteiger partial charge in [0.15, 0.2) is 11.4 Å². The Balaban J connectivity index is 1.01. The normalized spacial score (nSPS) is 16.8. The molecule has 0 bridgehead atoms. The Bertz CT molecular complexity index is 2790. The lowest BCUT2D eigenvalue weighted by Crippen LogP contribution is -2.49. The summed E-state index contributed by atoms with van der Waals surface area (Å²) in [4.78, 5) is 31.1. The van der Waals surface area contributed by atoms with Crippen molar-refractivity contribution in [2.45, 2.75) is 26.7 Å². The molecule has 0 unspecified atom stereocenters. The van der Waals surface area contributed by atoms with E-state index in [1.54, 1.807) is 71.2 Å². The topological polar surface area (TPSA) is 68.5 Å².